The Labute approximate surface area is 127 Å². The molecule has 0 spiro atoms. The smallest absolute Gasteiger partial charge is 0.227 e. The van der Waals surface area contributed by atoms with Crippen LogP contribution in [0.4, 0.5) is 5.69 Å². The van der Waals surface area contributed by atoms with E-state index < -0.39 is 0 Å². The lowest BCUT2D eigenvalue weighted by atomic mass is 10.1. The number of fused-ring (bicyclic) bond motifs is 1. The van der Waals surface area contributed by atoms with E-state index in [-0.39, 0.29) is 5.91 Å². The highest BCUT2D eigenvalue weighted by atomic mass is 16.2. The van der Waals surface area contributed by atoms with Crippen molar-refractivity contribution in [3.8, 4) is 0 Å². The highest BCUT2D eigenvalue weighted by Gasteiger charge is 2.16. The van der Waals surface area contributed by atoms with Crippen LogP contribution in [0.2, 0.25) is 0 Å². The standard InChI is InChI=1S/C19H25NO/c1-4-5-12-20(19(21)13-15(2)3)18-11-10-16-8-6-7-9-17(16)14-18/h6-11,14-15H,4-5,12-13H2,1-3H3. The molecule has 2 aromatic carbocycles. The van der Waals surface area contributed by atoms with Gasteiger partial charge in [0.25, 0.3) is 0 Å². The molecule has 0 fully saturated rings. The van der Waals surface area contributed by atoms with Crippen molar-refractivity contribution in [2.75, 3.05) is 11.4 Å². The molecule has 0 saturated heterocycles. The van der Waals surface area contributed by atoms with Crippen molar-refractivity contribution < 1.29 is 4.79 Å². The lowest BCUT2D eigenvalue weighted by Crippen LogP contribution is -2.32. The highest BCUT2D eigenvalue weighted by molar-refractivity contribution is 5.96. The average molecular weight is 283 g/mol. The average Bonchev–Trinajstić information content (AvgIpc) is 2.46. The largest absolute Gasteiger partial charge is 0.312 e. The van der Waals surface area contributed by atoms with Crippen molar-refractivity contribution in [1.29, 1.82) is 0 Å². The van der Waals surface area contributed by atoms with E-state index in [0.29, 0.717) is 12.3 Å². The molecule has 21 heavy (non-hydrogen) atoms. The zero-order valence-corrected chi connectivity index (χ0v) is 13.3. The molecule has 1 amide bonds. The fourth-order valence-corrected chi connectivity index (χ4v) is 2.52. The number of unbranched alkanes of at least 4 members (excludes halogenated alkanes) is 1. The number of carbonyl (C=O) groups is 1. The number of carbonyl (C=O) groups excluding carboxylic acids is 1. The number of nitrogens with zero attached hydrogens (tertiary/aromatic N) is 1. The molecule has 0 atom stereocenters. The zero-order valence-electron chi connectivity index (χ0n) is 13.3. The molecule has 0 heterocycles. The normalized spacial score (nSPS) is 11.0. The molecule has 2 aromatic rings. The minimum absolute atomic E-state index is 0.230. The Hall–Kier alpha value is -1.83. The minimum Gasteiger partial charge on any atom is -0.312 e. The highest BCUT2D eigenvalue weighted by Crippen LogP contribution is 2.23. The molecule has 0 aliphatic rings. The van der Waals surface area contributed by atoms with E-state index in [9.17, 15) is 4.79 Å². The lowest BCUT2D eigenvalue weighted by molar-refractivity contribution is -0.119. The van der Waals surface area contributed by atoms with Crippen LogP contribution >= 0.6 is 0 Å². The van der Waals surface area contributed by atoms with E-state index >= 15 is 0 Å². The molecule has 0 bridgehead atoms. The lowest BCUT2D eigenvalue weighted by Gasteiger charge is -2.24. The van der Waals surface area contributed by atoms with Gasteiger partial charge in [-0.2, -0.15) is 0 Å². The van der Waals surface area contributed by atoms with Crippen LogP contribution in [-0.4, -0.2) is 12.5 Å². The van der Waals surface area contributed by atoms with Gasteiger partial charge < -0.3 is 4.90 Å². The van der Waals surface area contributed by atoms with E-state index in [1.165, 1.54) is 10.8 Å². The van der Waals surface area contributed by atoms with Gasteiger partial charge in [-0.1, -0.05) is 57.5 Å². The summed E-state index contributed by atoms with van der Waals surface area (Å²) < 4.78 is 0. The molecule has 2 nitrogen and oxygen atoms in total. The van der Waals surface area contributed by atoms with E-state index in [2.05, 4.69) is 51.1 Å². The first-order valence-electron chi connectivity index (χ1n) is 7.91. The Morgan fingerprint density at radius 2 is 1.81 bits per heavy atom. The fourth-order valence-electron chi connectivity index (χ4n) is 2.52. The van der Waals surface area contributed by atoms with Crippen LogP contribution in [0.5, 0.6) is 0 Å². The molecule has 2 heteroatoms. The van der Waals surface area contributed by atoms with Crippen LogP contribution < -0.4 is 4.90 Å². The number of hydrogen-bond donors (Lipinski definition) is 0. The quantitative estimate of drug-likeness (QED) is 0.729. The molecule has 0 aliphatic heterocycles. The van der Waals surface area contributed by atoms with Gasteiger partial charge in [-0.15, -0.1) is 0 Å². The van der Waals surface area contributed by atoms with Gasteiger partial charge in [0.15, 0.2) is 0 Å². The molecule has 0 aliphatic carbocycles. The third-order valence-corrected chi connectivity index (χ3v) is 3.66. The summed E-state index contributed by atoms with van der Waals surface area (Å²) in [4.78, 5) is 14.5. The second-order valence-corrected chi connectivity index (χ2v) is 6.03. The molecule has 0 aromatic heterocycles. The summed E-state index contributed by atoms with van der Waals surface area (Å²) >= 11 is 0. The third-order valence-electron chi connectivity index (χ3n) is 3.66. The van der Waals surface area contributed by atoms with Crippen LogP contribution in [0.25, 0.3) is 10.8 Å². The second-order valence-electron chi connectivity index (χ2n) is 6.03. The Balaban J connectivity index is 2.30. The van der Waals surface area contributed by atoms with Crippen molar-refractivity contribution in [2.45, 2.75) is 40.0 Å². The van der Waals surface area contributed by atoms with Gasteiger partial charge in [-0.25, -0.2) is 0 Å². The molecular formula is C19H25NO. The maximum atomic E-state index is 12.5. The molecular weight excluding hydrogens is 258 g/mol. The number of benzene rings is 2. The maximum Gasteiger partial charge on any atom is 0.227 e. The van der Waals surface area contributed by atoms with Crippen molar-refractivity contribution >= 4 is 22.4 Å². The summed E-state index contributed by atoms with van der Waals surface area (Å²) in [7, 11) is 0. The molecule has 0 unspecified atom stereocenters. The van der Waals surface area contributed by atoms with Crippen molar-refractivity contribution in [2.24, 2.45) is 5.92 Å². The van der Waals surface area contributed by atoms with Gasteiger partial charge in [0.1, 0.15) is 0 Å². The number of rotatable bonds is 6. The monoisotopic (exact) mass is 283 g/mol. The predicted octanol–water partition coefficient (Wildman–Crippen LogP) is 5.02. The minimum atomic E-state index is 0.230. The number of amides is 1. The van der Waals surface area contributed by atoms with Crippen LogP contribution in [0, 0.1) is 5.92 Å². The number of anilines is 1. The van der Waals surface area contributed by atoms with Gasteiger partial charge in [0.2, 0.25) is 5.91 Å². The molecule has 0 N–H and O–H groups in total. The SMILES string of the molecule is CCCCN(C(=O)CC(C)C)c1ccc2ccccc2c1. The predicted molar refractivity (Wildman–Crippen MR) is 90.7 cm³/mol. The molecule has 0 saturated carbocycles. The summed E-state index contributed by atoms with van der Waals surface area (Å²) in [5.41, 5.74) is 1.02. The van der Waals surface area contributed by atoms with Gasteiger partial charge >= 0.3 is 0 Å². The summed E-state index contributed by atoms with van der Waals surface area (Å²) in [6.45, 7) is 7.15. The van der Waals surface area contributed by atoms with Crippen molar-refractivity contribution in [3.63, 3.8) is 0 Å². The second kappa shape index (κ2) is 7.26. The summed E-state index contributed by atoms with van der Waals surface area (Å²) in [5, 5.41) is 2.40. The van der Waals surface area contributed by atoms with Crippen LogP contribution in [0.3, 0.4) is 0 Å². The van der Waals surface area contributed by atoms with E-state index in [1.807, 2.05) is 17.0 Å². The summed E-state index contributed by atoms with van der Waals surface area (Å²) in [6.07, 6.45) is 2.74. The Kier molecular flexibility index (Phi) is 5.38. The van der Waals surface area contributed by atoms with Crippen LogP contribution in [-0.2, 0) is 4.79 Å². The van der Waals surface area contributed by atoms with Gasteiger partial charge in [0.05, 0.1) is 0 Å². The first kappa shape index (κ1) is 15.6. The molecule has 0 radical (unpaired) electrons. The maximum absolute atomic E-state index is 12.5. The Bertz CT molecular complexity index is 603. The fraction of sp³-hybridized carbons (Fsp3) is 0.421. The zero-order chi connectivity index (χ0) is 15.2. The topological polar surface area (TPSA) is 20.3 Å². The first-order valence-corrected chi connectivity index (χ1v) is 7.91. The van der Waals surface area contributed by atoms with Crippen LogP contribution in [0.1, 0.15) is 40.0 Å². The van der Waals surface area contributed by atoms with E-state index in [4.69, 9.17) is 0 Å². The van der Waals surface area contributed by atoms with Gasteiger partial charge in [0, 0.05) is 18.7 Å². The summed E-state index contributed by atoms with van der Waals surface area (Å²) in [6, 6.07) is 14.6. The van der Waals surface area contributed by atoms with Gasteiger partial charge in [-0.05, 0) is 35.2 Å². The van der Waals surface area contributed by atoms with Crippen molar-refractivity contribution in [1.82, 2.24) is 0 Å². The Morgan fingerprint density at radius 3 is 2.48 bits per heavy atom. The van der Waals surface area contributed by atoms with E-state index in [1.54, 1.807) is 0 Å². The van der Waals surface area contributed by atoms with Gasteiger partial charge in [-0.3, -0.25) is 4.79 Å². The molecule has 112 valence electrons. The van der Waals surface area contributed by atoms with E-state index in [0.717, 1.165) is 25.1 Å². The number of hydrogen-bond acceptors (Lipinski definition) is 1. The van der Waals surface area contributed by atoms with Crippen LogP contribution in [0.15, 0.2) is 42.5 Å². The summed E-state index contributed by atoms with van der Waals surface area (Å²) in [5.74, 6) is 0.621. The third kappa shape index (κ3) is 4.07. The molecule has 2 rings (SSSR count). The van der Waals surface area contributed by atoms with Crippen molar-refractivity contribution in [3.05, 3.63) is 42.5 Å². The Morgan fingerprint density at radius 1 is 1.10 bits per heavy atom. The first-order chi connectivity index (χ1) is 10.1.